The van der Waals surface area contributed by atoms with Crippen molar-refractivity contribution >= 4 is 11.7 Å². The molecule has 0 heterocycles. The van der Waals surface area contributed by atoms with Gasteiger partial charge in [0.05, 0.1) is 13.5 Å². The summed E-state index contributed by atoms with van der Waals surface area (Å²) in [5.74, 6) is 0.441. The monoisotopic (exact) mass is 271 g/mol. The number of hydrogen-bond donors (Lipinski definition) is 1. The van der Waals surface area contributed by atoms with Gasteiger partial charge in [-0.15, -0.1) is 0 Å². The molecular weight excluding hydrogens is 254 g/mol. The lowest BCUT2D eigenvalue weighted by Gasteiger charge is -2.08. The van der Waals surface area contributed by atoms with Crippen LogP contribution in [0.4, 0.5) is 5.69 Å². The van der Waals surface area contributed by atoms with Gasteiger partial charge < -0.3 is 15.2 Å². The predicted octanol–water partition coefficient (Wildman–Crippen LogP) is 2.56. The highest BCUT2D eigenvalue weighted by Gasteiger charge is 2.07. The normalized spacial score (nSPS) is 10.1. The zero-order valence-electron chi connectivity index (χ0n) is 11.3. The molecule has 2 rings (SSSR count). The molecule has 0 saturated heterocycles. The first-order chi connectivity index (χ1) is 9.69. The largest absolute Gasteiger partial charge is 0.497 e. The molecule has 0 bridgehead atoms. The molecule has 0 atom stereocenters. The molecule has 104 valence electrons. The number of nitrogen functional groups attached to an aromatic ring is 1. The van der Waals surface area contributed by atoms with E-state index in [0.29, 0.717) is 5.69 Å². The van der Waals surface area contributed by atoms with Crippen LogP contribution in [0.5, 0.6) is 5.75 Å². The molecule has 2 N–H and O–H groups in total. The van der Waals surface area contributed by atoms with E-state index in [4.69, 9.17) is 15.2 Å². The topological polar surface area (TPSA) is 61.5 Å². The summed E-state index contributed by atoms with van der Waals surface area (Å²) in [5, 5.41) is 0. The summed E-state index contributed by atoms with van der Waals surface area (Å²) in [6.07, 6.45) is 0.177. The van der Waals surface area contributed by atoms with Gasteiger partial charge in [-0.3, -0.25) is 4.79 Å². The molecule has 0 aromatic heterocycles. The van der Waals surface area contributed by atoms with Crippen LogP contribution in [-0.4, -0.2) is 13.1 Å². The minimum atomic E-state index is -0.300. The fourth-order valence-electron chi connectivity index (χ4n) is 1.83. The highest BCUT2D eigenvalue weighted by molar-refractivity contribution is 5.74. The van der Waals surface area contributed by atoms with Crippen LogP contribution < -0.4 is 10.5 Å². The standard InChI is InChI=1S/C16H17NO3/c1-19-14-7-4-5-12(9-14)11-20-16(18)10-13-6-2-3-8-15(13)17/h2-9H,10-11,17H2,1H3. The fraction of sp³-hybridized carbons (Fsp3) is 0.188. The summed E-state index contributed by atoms with van der Waals surface area (Å²) >= 11 is 0. The molecule has 0 saturated carbocycles. The van der Waals surface area contributed by atoms with E-state index in [0.717, 1.165) is 16.9 Å². The van der Waals surface area contributed by atoms with Gasteiger partial charge in [-0.05, 0) is 29.3 Å². The number of para-hydroxylation sites is 1. The van der Waals surface area contributed by atoms with E-state index < -0.39 is 0 Å². The maximum Gasteiger partial charge on any atom is 0.310 e. The van der Waals surface area contributed by atoms with Gasteiger partial charge in [0.1, 0.15) is 12.4 Å². The molecule has 0 aliphatic carbocycles. The number of ether oxygens (including phenoxy) is 2. The molecular formula is C16H17NO3. The minimum Gasteiger partial charge on any atom is -0.497 e. The van der Waals surface area contributed by atoms with E-state index in [-0.39, 0.29) is 19.0 Å². The van der Waals surface area contributed by atoms with E-state index in [2.05, 4.69) is 0 Å². The zero-order chi connectivity index (χ0) is 14.4. The van der Waals surface area contributed by atoms with Crippen LogP contribution in [0.2, 0.25) is 0 Å². The Kier molecular flexibility index (Phi) is 4.60. The summed E-state index contributed by atoms with van der Waals surface area (Å²) in [5.41, 5.74) is 8.06. The van der Waals surface area contributed by atoms with E-state index in [9.17, 15) is 4.79 Å². The lowest BCUT2D eigenvalue weighted by molar-refractivity contribution is -0.144. The average molecular weight is 271 g/mol. The first-order valence-electron chi connectivity index (χ1n) is 6.31. The lowest BCUT2D eigenvalue weighted by atomic mass is 10.1. The van der Waals surface area contributed by atoms with E-state index in [1.165, 1.54) is 0 Å². The number of esters is 1. The summed E-state index contributed by atoms with van der Waals surface area (Å²) in [7, 11) is 1.60. The predicted molar refractivity (Wildman–Crippen MR) is 77.3 cm³/mol. The maximum absolute atomic E-state index is 11.8. The van der Waals surface area contributed by atoms with Crippen molar-refractivity contribution in [3.8, 4) is 5.75 Å². The molecule has 0 aliphatic heterocycles. The van der Waals surface area contributed by atoms with Crippen molar-refractivity contribution in [3.63, 3.8) is 0 Å². The molecule has 2 aromatic rings. The Labute approximate surface area is 118 Å². The third-order valence-corrected chi connectivity index (χ3v) is 2.92. The molecule has 4 heteroatoms. The number of methoxy groups -OCH3 is 1. The molecule has 0 unspecified atom stereocenters. The fourth-order valence-corrected chi connectivity index (χ4v) is 1.83. The Balaban J connectivity index is 1.90. The number of carbonyl (C=O) groups excluding carboxylic acids is 1. The lowest BCUT2D eigenvalue weighted by Crippen LogP contribution is -2.09. The van der Waals surface area contributed by atoms with Crippen LogP contribution in [0.25, 0.3) is 0 Å². The summed E-state index contributed by atoms with van der Waals surface area (Å²) in [6.45, 7) is 0.225. The van der Waals surface area contributed by atoms with Gasteiger partial charge in [-0.1, -0.05) is 30.3 Å². The third kappa shape index (κ3) is 3.75. The molecule has 0 fully saturated rings. The van der Waals surface area contributed by atoms with E-state index in [1.807, 2.05) is 42.5 Å². The molecule has 2 aromatic carbocycles. The minimum absolute atomic E-state index is 0.177. The molecule has 20 heavy (non-hydrogen) atoms. The highest BCUT2D eigenvalue weighted by atomic mass is 16.5. The molecule has 0 amide bonds. The van der Waals surface area contributed by atoms with Crippen LogP contribution >= 0.6 is 0 Å². The van der Waals surface area contributed by atoms with Crippen molar-refractivity contribution in [2.45, 2.75) is 13.0 Å². The molecule has 4 nitrogen and oxygen atoms in total. The highest BCUT2D eigenvalue weighted by Crippen LogP contribution is 2.15. The number of benzene rings is 2. The molecule has 0 radical (unpaired) electrons. The number of anilines is 1. The van der Waals surface area contributed by atoms with Crippen LogP contribution in [0.1, 0.15) is 11.1 Å². The second-order valence-electron chi connectivity index (χ2n) is 4.39. The third-order valence-electron chi connectivity index (χ3n) is 2.92. The first-order valence-corrected chi connectivity index (χ1v) is 6.31. The zero-order valence-corrected chi connectivity index (χ0v) is 11.3. The Morgan fingerprint density at radius 3 is 2.70 bits per heavy atom. The van der Waals surface area contributed by atoms with Gasteiger partial charge >= 0.3 is 5.97 Å². The quantitative estimate of drug-likeness (QED) is 0.670. The van der Waals surface area contributed by atoms with E-state index >= 15 is 0 Å². The van der Waals surface area contributed by atoms with Crippen molar-refractivity contribution in [1.29, 1.82) is 0 Å². The number of carbonyl (C=O) groups is 1. The van der Waals surface area contributed by atoms with Crippen molar-refractivity contribution in [1.82, 2.24) is 0 Å². The molecule has 0 spiro atoms. The second kappa shape index (κ2) is 6.61. The Morgan fingerprint density at radius 2 is 1.95 bits per heavy atom. The second-order valence-corrected chi connectivity index (χ2v) is 4.39. The Morgan fingerprint density at radius 1 is 1.15 bits per heavy atom. The number of hydrogen-bond acceptors (Lipinski definition) is 4. The van der Waals surface area contributed by atoms with Gasteiger partial charge in [0.2, 0.25) is 0 Å². The maximum atomic E-state index is 11.8. The Hall–Kier alpha value is -2.49. The van der Waals surface area contributed by atoms with Crippen LogP contribution in [0, 0.1) is 0 Å². The van der Waals surface area contributed by atoms with Gasteiger partial charge in [-0.2, -0.15) is 0 Å². The first kappa shape index (κ1) is 13.9. The van der Waals surface area contributed by atoms with Gasteiger partial charge in [0, 0.05) is 5.69 Å². The summed E-state index contributed by atoms with van der Waals surface area (Å²) in [6, 6.07) is 14.7. The van der Waals surface area contributed by atoms with Gasteiger partial charge in [0.15, 0.2) is 0 Å². The van der Waals surface area contributed by atoms with Crippen LogP contribution in [0.3, 0.4) is 0 Å². The smallest absolute Gasteiger partial charge is 0.310 e. The number of rotatable bonds is 5. The SMILES string of the molecule is COc1cccc(COC(=O)Cc2ccccc2N)c1. The van der Waals surface area contributed by atoms with Crippen molar-refractivity contribution in [2.24, 2.45) is 0 Å². The van der Waals surface area contributed by atoms with Gasteiger partial charge in [-0.25, -0.2) is 0 Å². The van der Waals surface area contributed by atoms with Crippen molar-refractivity contribution in [3.05, 3.63) is 59.7 Å². The number of nitrogens with two attached hydrogens (primary N) is 1. The van der Waals surface area contributed by atoms with Crippen molar-refractivity contribution in [2.75, 3.05) is 12.8 Å². The molecule has 0 aliphatic rings. The average Bonchev–Trinajstić information content (AvgIpc) is 2.48. The van der Waals surface area contributed by atoms with Crippen LogP contribution in [-0.2, 0) is 22.6 Å². The van der Waals surface area contributed by atoms with Crippen molar-refractivity contribution < 1.29 is 14.3 Å². The Bertz CT molecular complexity index is 596. The van der Waals surface area contributed by atoms with Gasteiger partial charge in [0.25, 0.3) is 0 Å². The van der Waals surface area contributed by atoms with Crippen LogP contribution in [0.15, 0.2) is 48.5 Å². The van der Waals surface area contributed by atoms with E-state index in [1.54, 1.807) is 13.2 Å². The summed E-state index contributed by atoms with van der Waals surface area (Å²) in [4.78, 5) is 11.8. The summed E-state index contributed by atoms with van der Waals surface area (Å²) < 4.78 is 10.4.